The Morgan fingerprint density at radius 3 is 2.35 bits per heavy atom. The molecule has 3 N–H and O–H groups in total. The Hall–Kier alpha value is -1.51. The summed E-state index contributed by atoms with van der Waals surface area (Å²) >= 11 is 8.04. The fourth-order valence-corrected chi connectivity index (χ4v) is 2.81. The number of nitrogens with two attached hydrogens (primary N) is 1. The maximum Gasteiger partial charge on any atom is 0.263 e. The van der Waals surface area contributed by atoms with Gasteiger partial charge in [-0.15, -0.1) is 0 Å². The SMILES string of the molecule is NC(=S)c1ccc(S(=O)(=O)Nc2ccc(Br)cc2)cn1. The van der Waals surface area contributed by atoms with E-state index in [-0.39, 0.29) is 9.88 Å². The second-order valence-electron chi connectivity index (χ2n) is 3.86. The van der Waals surface area contributed by atoms with Crippen molar-refractivity contribution in [2.45, 2.75) is 4.90 Å². The second-order valence-corrected chi connectivity index (χ2v) is 6.89. The molecule has 0 aliphatic carbocycles. The van der Waals surface area contributed by atoms with Gasteiger partial charge in [-0.1, -0.05) is 28.1 Å². The first-order valence-corrected chi connectivity index (χ1v) is 8.11. The van der Waals surface area contributed by atoms with E-state index in [2.05, 4.69) is 25.6 Å². The van der Waals surface area contributed by atoms with Crippen molar-refractivity contribution in [1.82, 2.24) is 4.98 Å². The first kappa shape index (κ1) is 14.9. The second kappa shape index (κ2) is 5.86. The third-order valence-corrected chi connectivity index (χ3v) is 4.50. The molecular formula is C12H10BrN3O2S2. The molecule has 0 bridgehead atoms. The summed E-state index contributed by atoms with van der Waals surface area (Å²) in [5.41, 5.74) is 6.25. The Labute approximate surface area is 130 Å². The van der Waals surface area contributed by atoms with Gasteiger partial charge in [0.1, 0.15) is 9.88 Å². The van der Waals surface area contributed by atoms with Gasteiger partial charge in [-0.2, -0.15) is 0 Å². The minimum absolute atomic E-state index is 0.0421. The monoisotopic (exact) mass is 371 g/mol. The maximum atomic E-state index is 12.1. The molecule has 2 aromatic rings. The number of anilines is 1. The highest BCUT2D eigenvalue weighted by molar-refractivity contribution is 9.10. The highest BCUT2D eigenvalue weighted by atomic mass is 79.9. The molecule has 1 heterocycles. The number of thiocarbonyl (C=S) groups is 1. The van der Waals surface area contributed by atoms with Crippen molar-refractivity contribution in [1.29, 1.82) is 0 Å². The summed E-state index contributed by atoms with van der Waals surface area (Å²) < 4.78 is 27.6. The van der Waals surface area contributed by atoms with Crippen molar-refractivity contribution in [2.75, 3.05) is 4.72 Å². The van der Waals surface area contributed by atoms with Gasteiger partial charge < -0.3 is 5.73 Å². The number of rotatable bonds is 4. The molecule has 0 aliphatic heterocycles. The smallest absolute Gasteiger partial charge is 0.263 e. The molecule has 0 spiro atoms. The van der Waals surface area contributed by atoms with E-state index in [0.29, 0.717) is 11.4 Å². The van der Waals surface area contributed by atoms with E-state index in [0.717, 1.165) is 4.47 Å². The van der Waals surface area contributed by atoms with Crippen molar-refractivity contribution < 1.29 is 8.42 Å². The van der Waals surface area contributed by atoms with Crippen LogP contribution in [0.25, 0.3) is 0 Å². The molecule has 20 heavy (non-hydrogen) atoms. The summed E-state index contributed by atoms with van der Waals surface area (Å²) in [5.74, 6) is 0. The zero-order valence-corrected chi connectivity index (χ0v) is 13.3. The minimum Gasteiger partial charge on any atom is -0.388 e. The van der Waals surface area contributed by atoms with Crippen LogP contribution in [0, 0.1) is 0 Å². The van der Waals surface area contributed by atoms with Crippen LogP contribution >= 0.6 is 28.1 Å². The third kappa shape index (κ3) is 3.53. The van der Waals surface area contributed by atoms with Gasteiger partial charge in [0.05, 0.1) is 5.69 Å². The molecule has 104 valence electrons. The van der Waals surface area contributed by atoms with Crippen LogP contribution in [-0.4, -0.2) is 18.4 Å². The molecule has 0 fully saturated rings. The highest BCUT2D eigenvalue weighted by Crippen LogP contribution is 2.18. The summed E-state index contributed by atoms with van der Waals surface area (Å²) in [6.07, 6.45) is 1.22. The van der Waals surface area contributed by atoms with Crippen LogP contribution in [0.2, 0.25) is 0 Å². The largest absolute Gasteiger partial charge is 0.388 e. The van der Waals surface area contributed by atoms with Gasteiger partial charge in [0.15, 0.2) is 0 Å². The predicted molar refractivity (Wildman–Crippen MR) is 85.1 cm³/mol. The molecule has 0 saturated carbocycles. The summed E-state index contributed by atoms with van der Waals surface area (Å²) in [6, 6.07) is 9.66. The standard InChI is InChI=1S/C12H10BrN3O2S2/c13-8-1-3-9(4-2-8)16-20(17,18)10-5-6-11(12(14)19)15-7-10/h1-7,16H,(H2,14,19). The highest BCUT2D eigenvalue weighted by Gasteiger charge is 2.15. The summed E-state index contributed by atoms with van der Waals surface area (Å²) in [7, 11) is -3.68. The molecule has 0 atom stereocenters. The summed E-state index contributed by atoms with van der Waals surface area (Å²) in [6.45, 7) is 0. The number of sulfonamides is 1. The molecule has 1 aromatic carbocycles. The Bertz CT molecular complexity index is 728. The minimum atomic E-state index is -3.68. The molecule has 5 nitrogen and oxygen atoms in total. The van der Waals surface area contributed by atoms with Crippen LogP contribution in [0.4, 0.5) is 5.69 Å². The number of hydrogen-bond acceptors (Lipinski definition) is 4. The number of aromatic nitrogens is 1. The van der Waals surface area contributed by atoms with Crippen LogP contribution < -0.4 is 10.5 Å². The van der Waals surface area contributed by atoms with Crippen LogP contribution in [-0.2, 0) is 10.0 Å². The fourth-order valence-electron chi connectivity index (χ4n) is 1.42. The van der Waals surface area contributed by atoms with Crippen molar-refractivity contribution in [2.24, 2.45) is 5.73 Å². The van der Waals surface area contributed by atoms with Crippen molar-refractivity contribution >= 4 is 48.8 Å². The zero-order valence-electron chi connectivity index (χ0n) is 10.1. The first-order chi connectivity index (χ1) is 9.38. The third-order valence-electron chi connectivity index (χ3n) is 2.40. The van der Waals surface area contributed by atoms with Gasteiger partial charge in [0.25, 0.3) is 10.0 Å². The van der Waals surface area contributed by atoms with Crippen molar-refractivity contribution in [3.63, 3.8) is 0 Å². The number of halogens is 1. The molecule has 0 unspecified atom stereocenters. The molecule has 0 amide bonds. The van der Waals surface area contributed by atoms with Crippen molar-refractivity contribution in [3.05, 3.63) is 52.8 Å². The van der Waals surface area contributed by atoms with E-state index < -0.39 is 10.0 Å². The molecule has 2 rings (SSSR count). The zero-order chi connectivity index (χ0) is 14.8. The molecule has 0 aliphatic rings. The lowest BCUT2D eigenvalue weighted by atomic mass is 10.3. The first-order valence-electron chi connectivity index (χ1n) is 5.43. The Balaban J connectivity index is 2.26. The predicted octanol–water partition coefficient (Wildman–Crippen LogP) is 2.28. The number of nitrogens with one attached hydrogen (secondary N) is 1. The molecule has 8 heteroatoms. The Morgan fingerprint density at radius 2 is 1.85 bits per heavy atom. The average molecular weight is 372 g/mol. The van der Waals surface area contributed by atoms with E-state index in [9.17, 15) is 8.42 Å². The van der Waals surface area contributed by atoms with Gasteiger partial charge in [-0.05, 0) is 36.4 Å². The van der Waals surface area contributed by atoms with E-state index >= 15 is 0 Å². The van der Waals surface area contributed by atoms with Gasteiger partial charge in [-0.25, -0.2) is 8.42 Å². The molecule has 0 radical (unpaired) electrons. The summed E-state index contributed by atoms with van der Waals surface area (Å²) in [5, 5.41) is 0. The van der Waals surface area contributed by atoms with E-state index in [1.807, 2.05) is 0 Å². The molecule has 1 aromatic heterocycles. The average Bonchev–Trinajstić information content (AvgIpc) is 2.41. The van der Waals surface area contributed by atoms with Crippen LogP contribution in [0.1, 0.15) is 5.69 Å². The fraction of sp³-hybridized carbons (Fsp3) is 0. The lowest BCUT2D eigenvalue weighted by Gasteiger charge is -2.08. The van der Waals surface area contributed by atoms with E-state index in [1.54, 1.807) is 24.3 Å². The lowest BCUT2D eigenvalue weighted by molar-refractivity contribution is 0.601. The van der Waals surface area contributed by atoms with Gasteiger partial charge in [-0.3, -0.25) is 9.71 Å². The van der Waals surface area contributed by atoms with Crippen molar-refractivity contribution in [3.8, 4) is 0 Å². The lowest BCUT2D eigenvalue weighted by Crippen LogP contribution is -2.15. The maximum absolute atomic E-state index is 12.1. The normalized spacial score (nSPS) is 11.1. The topological polar surface area (TPSA) is 85.1 Å². The number of nitrogens with zero attached hydrogens (tertiary/aromatic N) is 1. The van der Waals surface area contributed by atoms with Gasteiger partial charge in [0.2, 0.25) is 0 Å². The Morgan fingerprint density at radius 1 is 1.20 bits per heavy atom. The number of pyridine rings is 1. The van der Waals surface area contributed by atoms with E-state index in [1.165, 1.54) is 18.3 Å². The van der Waals surface area contributed by atoms with Crippen LogP contribution in [0.3, 0.4) is 0 Å². The molecular weight excluding hydrogens is 362 g/mol. The number of benzene rings is 1. The van der Waals surface area contributed by atoms with Crippen LogP contribution in [0.5, 0.6) is 0 Å². The summed E-state index contributed by atoms with van der Waals surface area (Å²) in [4.78, 5) is 4.07. The molecule has 0 saturated heterocycles. The Kier molecular flexibility index (Phi) is 4.36. The quantitative estimate of drug-likeness (QED) is 0.805. The van der Waals surface area contributed by atoms with Crippen LogP contribution in [0.15, 0.2) is 52.0 Å². The number of hydrogen-bond donors (Lipinski definition) is 2. The van der Waals surface area contributed by atoms with E-state index in [4.69, 9.17) is 18.0 Å². The van der Waals surface area contributed by atoms with Gasteiger partial charge >= 0.3 is 0 Å². The van der Waals surface area contributed by atoms with Gasteiger partial charge in [0, 0.05) is 16.4 Å².